The van der Waals surface area contributed by atoms with Crippen LogP contribution in [0.15, 0.2) is 30.9 Å². The fourth-order valence-corrected chi connectivity index (χ4v) is 2.65. The molecule has 2 N–H and O–H groups in total. The van der Waals surface area contributed by atoms with Gasteiger partial charge >= 0.3 is 6.18 Å². The van der Waals surface area contributed by atoms with E-state index in [1.54, 1.807) is 0 Å². The van der Waals surface area contributed by atoms with Gasteiger partial charge in [-0.2, -0.15) is 13.2 Å². The highest BCUT2D eigenvalue weighted by atomic mass is 35.5. The molecule has 1 aliphatic rings. The molecule has 0 saturated carbocycles. The van der Waals surface area contributed by atoms with Gasteiger partial charge in [0.05, 0.1) is 11.1 Å². The van der Waals surface area contributed by atoms with Crippen LogP contribution in [0, 0.1) is 0 Å². The van der Waals surface area contributed by atoms with Gasteiger partial charge in [0.25, 0.3) is 5.91 Å². The number of halogens is 4. The number of benzene rings is 1. The van der Waals surface area contributed by atoms with Crippen LogP contribution in [0.4, 0.5) is 13.2 Å². The molecule has 8 heteroatoms. The normalized spacial score (nSPS) is 20.3. The lowest BCUT2D eigenvalue weighted by atomic mass is 9.99. The van der Waals surface area contributed by atoms with Gasteiger partial charge in [-0.15, -0.1) is 12.4 Å². The van der Waals surface area contributed by atoms with Crippen LogP contribution in [0.5, 0.6) is 5.75 Å². The van der Waals surface area contributed by atoms with Crippen molar-refractivity contribution < 1.29 is 22.7 Å². The van der Waals surface area contributed by atoms with E-state index < -0.39 is 17.6 Å². The summed E-state index contributed by atoms with van der Waals surface area (Å²) in [4.78, 5) is 12.5. The van der Waals surface area contributed by atoms with Crippen molar-refractivity contribution in [1.82, 2.24) is 10.6 Å². The minimum absolute atomic E-state index is 0. The molecular weight excluding hydrogens is 357 g/mol. The lowest BCUT2D eigenvalue weighted by Crippen LogP contribution is -2.51. The molecule has 0 spiro atoms. The number of piperidine rings is 1. The number of ether oxygens (including phenoxy) is 1. The third-order valence-electron chi connectivity index (χ3n) is 3.99. The van der Waals surface area contributed by atoms with E-state index in [-0.39, 0.29) is 42.4 Å². The molecule has 1 fully saturated rings. The maximum Gasteiger partial charge on any atom is 0.416 e. The van der Waals surface area contributed by atoms with E-state index in [9.17, 15) is 18.0 Å². The van der Waals surface area contributed by atoms with Gasteiger partial charge in [-0.25, -0.2) is 0 Å². The molecular formula is C17H22ClF3N2O2. The summed E-state index contributed by atoms with van der Waals surface area (Å²) in [5.74, 6) is -0.461. The lowest BCUT2D eigenvalue weighted by molar-refractivity contribution is -0.137. The van der Waals surface area contributed by atoms with Gasteiger partial charge in [-0.05, 0) is 44.5 Å². The monoisotopic (exact) mass is 378 g/mol. The Morgan fingerprint density at radius 2 is 2.20 bits per heavy atom. The van der Waals surface area contributed by atoms with Gasteiger partial charge in [0.15, 0.2) is 0 Å². The third kappa shape index (κ3) is 5.64. The summed E-state index contributed by atoms with van der Waals surface area (Å²) < 4.78 is 44.1. The smallest absolute Gasteiger partial charge is 0.416 e. The van der Waals surface area contributed by atoms with Gasteiger partial charge in [-0.1, -0.05) is 12.7 Å². The van der Waals surface area contributed by atoms with Crippen LogP contribution < -0.4 is 15.4 Å². The summed E-state index contributed by atoms with van der Waals surface area (Å²) >= 11 is 0. The SMILES string of the molecule is C=CCOc1ccc(C(F)(F)F)cc1C(=O)NC1CCCNC1C.Cl. The molecule has 1 saturated heterocycles. The molecule has 1 aromatic carbocycles. The molecule has 0 radical (unpaired) electrons. The van der Waals surface area contributed by atoms with E-state index in [2.05, 4.69) is 17.2 Å². The number of alkyl halides is 3. The zero-order chi connectivity index (χ0) is 17.7. The first kappa shape index (κ1) is 21.3. The number of nitrogens with one attached hydrogen (secondary N) is 2. The van der Waals surface area contributed by atoms with E-state index in [0.29, 0.717) is 0 Å². The van der Waals surface area contributed by atoms with Crippen LogP contribution >= 0.6 is 12.4 Å². The molecule has 4 nitrogen and oxygen atoms in total. The Hall–Kier alpha value is -1.73. The number of amides is 1. The number of hydrogen-bond acceptors (Lipinski definition) is 3. The molecule has 140 valence electrons. The molecule has 2 unspecified atom stereocenters. The van der Waals surface area contributed by atoms with Gasteiger partial charge in [0, 0.05) is 12.1 Å². The highest BCUT2D eigenvalue weighted by Crippen LogP contribution is 2.32. The maximum atomic E-state index is 12.9. The fourth-order valence-electron chi connectivity index (χ4n) is 2.65. The Morgan fingerprint density at radius 3 is 2.80 bits per heavy atom. The number of carbonyl (C=O) groups excluding carboxylic acids is 1. The second-order valence-corrected chi connectivity index (χ2v) is 5.77. The van der Waals surface area contributed by atoms with Crippen LogP contribution in [0.25, 0.3) is 0 Å². The van der Waals surface area contributed by atoms with Crippen molar-refractivity contribution in [3.8, 4) is 5.75 Å². The molecule has 0 aliphatic carbocycles. The van der Waals surface area contributed by atoms with Crippen LogP contribution in [0.1, 0.15) is 35.7 Å². The van der Waals surface area contributed by atoms with Crippen molar-refractivity contribution >= 4 is 18.3 Å². The Kier molecular flexibility index (Phi) is 7.76. The summed E-state index contributed by atoms with van der Waals surface area (Å²) in [6, 6.07) is 2.83. The van der Waals surface area contributed by atoms with E-state index >= 15 is 0 Å². The van der Waals surface area contributed by atoms with E-state index in [1.165, 1.54) is 12.1 Å². The van der Waals surface area contributed by atoms with E-state index in [0.717, 1.165) is 31.5 Å². The van der Waals surface area contributed by atoms with Crippen molar-refractivity contribution in [3.63, 3.8) is 0 Å². The van der Waals surface area contributed by atoms with Crippen molar-refractivity contribution in [1.29, 1.82) is 0 Å². The second-order valence-electron chi connectivity index (χ2n) is 5.77. The van der Waals surface area contributed by atoms with Crippen molar-refractivity contribution in [3.05, 3.63) is 42.0 Å². The third-order valence-corrected chi connectivity index (χ3v) is 3.99. The van der Waals surface area contributed by atoms with Crippen LogP contribution in [-0.2, 0) is 6.18 Å². The molecule has 2 rings (SSSR count). The largest absolute Gasteiger partial charge is 0.489 e. The number of hydrogen-bond donors (Lipinski definition) is 2. The maximum absolute atomic E-state index is 12.9. The first-order valence-electron chi connectivity index (χ1n) is 7.82. The predicted molar refractivity (Wildman–Crippen MR) is 92.3 cm³/mol. The number of carbonyl (C=O) groups is 1. The van der Waals surface area contributed by atoms with E-state index in [4.69, 9.17) is 4.74 Å². The molecule has 1 heterocycles. The zero-order valence-corrected chi connectivity index (χ0v) is 14.7. The Balaban J connectivity index is 0.00000312. The predicted octanol–water partition coefficient (Wildman–Crippen LogP) is 3.56. The minimum Gasteiger partial charge on any atom is -0.489 e. The molecule has 0 aromatic heterocycles. The average molecular weight is 379 g/mol. The number of rotatable bonds is 5. The van der Waals surface area contributed by atoms with Crippen LogP contribution in [0.2, 0.25) is 0 Å². The zero-order valence-electron chi connectivity index (χ0n) is 13.9. The van der Waals surface area contributed by atoms with E-state index in [1.807, 2.05) is 6.92 Å². The van der Waals surface area contributed by atoms with Gasteiger partial charge in [0.1, 0.15) is 12.4 Å². The minimum atomic E-state index is -4.52. The summed E-state index contributed by atoms with van der Waals surface area (Å²) in [5.41, 5.74) is -1.00. The first-order valence-corrected chi connectivity index (χ1v) is 7.82. The molecule has 2 atom stereocenters. The van der Waals surface area contributed by atoms with Crippen molar-refractivity contribution in [2.45, 2.75) is 38.0 Å². The Morgan fingerprint density at radius 1 is 1.48 bits per heavy atom. The highest BCUT2D eigenvalue weighted by molar-refractivity contribution is 5.97. The topological polar surface area (TPSA) is 50.4 Å². The molecule has 1 amide bonds. The quantitative estimate of drug-likeness (QED) is 0.770. The van der Waals surface area contributed by atoms with Gasteiger partial charge in [0.2, 0.25) is 0 Å². The standard InChI is InChI=1S/C17H21F3N2O2.ClH/c1-3-9-24-15-7-6-12(17(18,19)20)10-13(15)16(23)22-14-5-4-8-21-11(14)2;/h3,6-7,10-11,14,21H,1,4-5,8-9H2,2H3,(H,22,23);1H. The Bertz CT molecular complexity index is 608. The summed E-state index contributed by atoms with van der Waals surface area (Å²) in [7, 11) is 0. The van der Waals surface area contributed by atoms with Gasteiger partial charge < -0.3 is 15.4 Å². The molecule has 25 heavy (non-hydrogen) atoms. The average Bonchev–Trinajstić information content (AvgIpc) is 2.54. The van der Waals surface area contributed by atoms with Gasteiger partial charge in [-0.3, -0.25) is 4.79 Å². The Labute approximate surface area is 151 Å². The summed E-state index contributed by atoms with van der Waals surface area (Å²) in [6.07, 6.45) is -1.38. The molecule has 1 aliphatic heterocycles. The summed E-state index contributed by atoms with van der Waals surface area (Å²) in [5, 5.41) is 6.04. The van der Waals surface area contributed by atoms with Crippen LogP contribution in [-0.4, -0.2) is 31.1 Å². The van der Waals surface area contributed by atoms with Crippen molar-refractivity contribution in [2.24, 2.45) is 0 Å². The highest BCUT2D eigenvalue weighted by Gasteiger charge is 2.32. The fraction of sp³-hybridized carbons (Fsp3) is 0.471. The lowest BCUT2D eigenvalue weighted by Gasteiger charge is -2.30. The van der Waals surface area contributed by atoms with Crippen molar-refractivity contribution in [2.75, 3.05) is 13.2 Å². The molecule has 0 bridgehead atoms. The summed E-state index contributed by atoms with van der Waals surface area (Å²) in [6.45, 7) is 6.40. The first-order chi connectivity index (χ1) is 11.3. The molecule has 1 aromatic rings. The van der Waals surface area contributed by atoms with Crippen LogP contribution in [0.3, 0.4) is 0 Å². The second kappa shape index (κ2) is 9.10.